The highest BCUT2D eigenvalue weighted by Crippen LogP contribution is 2.23. The summed E-state index contributed by atoms with van der Waals surface area (Å²) in [6.07, 6.45) is 4.14. The van der Waals surface area contributed by atoms with Crippen LogP contribution in [0.15, 0.2) is 12.3 Å². The number of carboxylic acid groups (broad SMARTS) is 1. The Balaban J connectivity index is 2.20. The zero-order valence-electron chi connectivity index (χ0n) is 11.7. The summed E-state index contributed by atoms with van der Waals surface area (Å²) in [7, 11) is 1.71. The van der Waals surface area contributed by atoms with Gasteiger partial charge in [-0.25, -0.2) is 9.78 Å². The van der Waals surface area contributed by atoms with Crippen molar-refractivity contribution in [2.45, 2.75) is 25.4 Å². The Morgan fingerprint density at radius 3 is 2.95 bits per heavy atom. The van der Waals surface area contributed by atoms with Crippen molar-refractivity contribution in [2.75, 3.05) is 25.1 Å². The third kappa shape index (κ3) is 3.66. The molecule has 1 atom stereocenters. The van der Waals surface area contributed by atoms with E-state index < -0.39 is 10.9 Å². The number of carboxylic acids is 1. The summed E-state index contributed by atoms with van der Waals surface area (Å²) < 4.78 is 5.61. The number of rotatable bonds is 5. The Morgan fingerprint density at radius 1 is 1.62 bits per heavy atom. The minimum absolute atomic E-state index is 0.0300. The normalized spacial score (nSPS) is 18.2. The third-order valence-electron chi connectivity index (χ3n) is 3.41. The zero-order valence-corrected chi connectivity index (χ0v) is 11.7. The lowest BCUT2D eigenvalue weighted by atomic mass is 10.1. The van der Waals surface area contributed by atoms with Crippen LogP contribution in [0.1, 0.15) is 29.6 Å². The molecule has 0 amide bonds. The van der Waals surface area contributed by atoms with E-state index in [1.165, 1.54) is 0 Å². The fraction of sp³-hybridized carbons (Fsp3) is 0.538. The maximum absolute atomic E-state index is 11.3. The number of nitrogens with zero attached hydrogens (tertiary/aromatic N) is 3. The number of carbonyl (C=O) groups is 1. The maximum atomic E-state index is 11.3. The van der Waals surface area contributed by atoms with Crippen molar-refractivity contribution in [1.82, 2.24) is 4.98 Å². The number of hydrogen-bond acceptors (Lipinski definition) is 6. The molecule has 1 aliphatic rings. The van der Waals surface area contributed by atoms with Gasteiger partial charge >= 0.3 is 5.97 Å². The Labute approximate surface area is 121 Å². The molecule has 8 heteroatoms. The molecular formula is C13H17N3O5. The van der Waals surface area contributed by atoms with E-state index in [1.807, 2.05) is 0 Å². The molecule has 1 N–H and O–H groups in total. The van der Waals surface area contributed by atoms with Crippen LogP contribution in [0.3, 0.4) is 0 Å². The van der Waals surface area contributed by atoms with Crippen molar-refractivity contribution in [3.8, 4) is 0 Å². The predicted octanol–water partition coefficient (Wildman–Crippen LogP) is 1.69. The molecule has 0 radical (unpaired) electrons. The average molecular weight is 295 g/mol. The summed E-state index contributed by atoms with van der Waals surface area (Å²) >= 11 is 0. The van der Waals surface area contributed by atoms with Gasteiger partial charge < -0.3 is 14.7 Å². The monoisotopic (exact) mass is 295 g/mol. The number of pyridine rings is 1. The number of likely N-dealkylation sites (N-methyl/N-ethyl adjacent to an activating group) is 1. The Kier molecular flexibility index (Phi) is 4.69. The molecule has 1 unspecified atom stereocenters. The maximum Gasteiger partial charge on any atom is 0.339 e. The summed E-state index contributed by atoms with van der Waals surface area (Å²) in [6, 6.07) is 1.03. The highest BCUT2D eigenvalue weighted by atomic mass is 16.6. The Hall–Kier alpha value is -2.22. The summed E-state index contributed by atoms with van der Waals surface area (Å²) in [5.74, 6) is -1.03. The first-order valence-electron chi connectivity index (χ1n) is 6.69. The second-order valence-corrected chi connectivity index (χ2v) is 5.00. The van der Waals surface area contributed by atoms with Crippen molar-refractivity contribution < 1.29 is 19.6 Å². The summed E-state index contributed by atoms with van der Waals surface area (Å²) in [5.41, 5.74) is -0.513. The lowest BCUT2D eigenvalue weighted by Gasteiger charge is -2.28. The molecular weight excluding hydrogens is 278 g/mol. The van der Waals surface area contributed by atoms with Crippen molar-refractivity contribution in [3.63, 3.8) is 0 Å². The Morgan fingerprint density at radius 2 is 2.38 bits per heavy atom. The van der Waals surface area contributed by atoms with Gasteiger partial charge in [0.25, 0.3) is 5.69 Å². The first-order chi connectivity index (χ1) is 9.99. The highest BCUT2D eigenvalue weighted by molar-refractivity contribution is 5.94. The number of hydrogen-bond donors (Lipinski definition) is 1. The largest absolute Gasteiger partial charge is 0.478 e. The molecule has 8 nitrogen and oxygen atoms in total. The fourth-order valence-electron chi connectivity index (χ4n) is 2.35. The molecule has 114 valence electrons. The van der Waals surface area contributed by atoms with E-state index in [2.05, 4.69) is 4.98 Å². The molecule has 21 heavy (non-hydrogen) atoms. The molecule has 0 aliphatic carbocycles. The van der Waals surface area contributed by atoms with Crippen LogP contribution in [-0.4, -0.2) is 47.3 Å². The number of nitro groups is 1. The summed E-state index contributed by atoms with van der Waals surface area (Å²) in [4.78, 5) is 26.9. The van der Waals surface area contributed by atoms with E-state index in [1.54, 1.807) is 11.9 Å². The van der Waals surface area contributed by atoms with Crippen LogP contribution in [0.25, 0.3) is 0 Å². The minimum atomic E-state index is -1.24. The van der Waals surface area contributed by atoms with Crippen LogP contribution in [0, 0.1) is 10.1 Å². The summed E-state index contributed by atoms with van der Waals surface area (Å²) in [5, 5.41) is 19.9. The number of aromatic carboxylic acids is 1. The molecule has 2 heterocycles. The Bertz CT molecular complexity index is 543. The number of aromatic nitrogens is 1. The van der Waals surface area contributed by atoms with E-state index in [0.29, 0.717) is 13.2 Å². The van der Waals surface area contributed by atoms with E-state index in [0.717, 1.165) is 31.5 Å². The second kappa shape index (κ2) is 6.49. The predicted molar refractivity (Wildman–Crippen MR) is 74.7 cm³/mol. The third-order valence-corrected chi connectivity index (χ3v) is 3.41. The van der Waals surface area contributed by atoms with Crippen molar-refractivity contribution >= 4 is 17.5 Å². The van der Waals surface area contributed by atoms with Crippen LogP contribution in [0.2, 0.25) is 0 Å². The highest BCUT2D eigenvalue weighted by Gasteiger charge is 2.23. The second-order valence-electron chi connectivity index (χ2n) is 5.00. The standard InChI is InChI=1S/C13H17N3O5/c1-15(8-10-4-2-3-5-21-10)12-11(13(17)18)6-9(7-14-12)16(19)20/h6-7,10H,2-5,8H2,1H3,(H,17,18). The SMILES string of the molecule is CN(CC1CCCCO1)c1ncc([N+](=O)[O-])cc1C(=O)O. The topological polar surface area (TPSA) is 106 Å². The van der Waals surface area contributed by atoms with Gasteiger partial charge in [0.2, 0.25) is 0 Å². The zero-order chi connectivity index (χ0) is 15.4. The summed E-state index contributed by atoms with van der Waals surface area (Å²) in [6.45, 7) is 1.21. The van der Waals surface area contributed by atoms with Gasteiger partial charge in [-0.2, -0.15) is 0 Å². The van der Waals surface area contributed by atoms with Crippen LogP contribution in [0.4, 0.5) is 11.5 Å². The van der Waals surface area contributed by atoms with Crippen molar-refractivity contribution in [2.24, 2.45) is 0 Å². The molecule has 1 aromatic rings. The lowest BCUT2D eigenvalue weighted by molar-refractivity contribution is -0.385. The van der Waals surface area contributed by atoms with Gasteiger partial charge in [0.15, 0.2) is 0 Å². The molecule has 0 bridgehead atoms. The molecule has 1 saturated heterocycles. The van der Waals surface area contributed by atoms with Crippen LogP contribution in [0.5, 0.6) is 0 Å². The van der Waals surface area contributed by atoms with Crippen LogP contribution >= 0.6 is 0 Å². The average Bonchev–Trinajstić information content (AvgIpc) is 2.47. The molecule has 1 fully saturated rings. The minimum Gasteiger partial charge on any atom is -0.478 e. The molecule has 0 aromatic carbocycles. The number of anilines is 1. The van der Waals surface area contributed by atoms with Gasteiger partial charge in [-0.15, -0.1) is 0 Å². The molecule has 1 aliphatic heterocycles. The van der Waals surface area contributed by atoms with Gasteiger partial charge in [0, 0.05) is 26.3 Å². The number of ether oxygens (including phenoxy) is 1. The molecule has 2 rings (SSSR count). The first-order valence-corrected chi connectivity index (χ1v) is 6.69. The van der Waals surface area contributed by atoms with Gasteiger partial charge in [-0.3, -0.25) is 10.1 Å². The van der Waals surface area contributed by atoms with E-state index in [4.69, 9.17) is 4.74 Å². The van der Waals surface area contributed by atoms with Gasteiger partial charge in [-0.05, 0) is 19.3 Å². The molecule has 0 spiro atoms. The molecule has 0 saturated carbocycles. The van der Waals surface area contributed by atoms with Crippen LogP contribution in [-0.2, 0) is 4.74 Å². The van der Waals surface area contributed by atoms with E-state index in [-0.39, 0.29) is 23.2 Å². The lowest BCUT2D eigenvalue weighted by Crippen LogP contribution is -2.34. The van der Waals surface area contributed by atoms with Crippen molar-refractivity contribution in [1.29, 1.82) is 0 Å². The first kappa shape index (κ1) is 15.2. The van der Waals surface area contributed by atoms with E-state index in [9.17, 15) is 20.0 Å². The fourth-order valence-corrected chi connectivity index (χ4v) is 2.35. The van der Waals surface area contributed by atoms with Crippen molar-refractivity contribution in [3.05, 3.63) is 27.9 Å². The van der Waals surface area contributed by atoms with Gasteiger partial charge in [0.05, 0.1) is 11.0 Å². The van der Waals surface area contributed by atoms with Gasteiger partial charge in [0.1, 0.15) is 17.6 Å². The van der Waals surface area contributed by atoms with E-state index >= 15 is 0 Å². The molecule has 1 aromatic heterocycles. The quantitative estimate of drug-likeness (QED) is 0.650. The smallest absolute Gasteiger partial charge is 0.339 e. The van der Waals surface area contributed by atoms with Gasteiger partial charge in [-0.1, -0.05) is 0 Å². The van der Waals surface area contributed by atoms with Crippen LogP contribution < -0.4 is 4.90 Å².